The molecule has 0 unspecified atom stereocenters. The summed E-state index contributed by atoms with van der Waals surface area (Å²) in [6.07, 6.45) is 1.00. The van der Waals surface area contributed by atoms with Gasteiger partial charge in [-0.2, -0.15) is 0 Å². The van der Waals surface area contributed by atoms with Crippen LogP contribution in [0.4, 0.5) is 0 Å². The topological polar surface area (TPSA) is 38.5 Å². The van der Waals surface area contributed by atoms with Gasteiger partial charge >= 0.3 is 0 Å². The lowest BCUT2D eigenvalue weighted by atomic mass is 10.1. The Labute approximate surface area is 110 Å². The van der Waals surface area contributed by atoms with Crippen LogP contribution in [0.1, 0.15) is 17.5 Å². The largest absolute Gasteiger partial charge is 0.492 e. The predicted molar refractivity (Wildman–Crippen MR) is 75.8 cm³/mol. The van der Waals surface area contributed by atoms with Gasteiger partial charge in [-0.3, -0.25) is 0 Å². The summed E-state index contributed by atoms with van der Waals surface area (Å²) in [5.74, 6) is 6.77. The molecule has 0 aliphatic rings. The van der Waals surface area contributed by atoms with Crippen LogP contribution in [0, 0.1) is 18.8 Å². The first kappa shape index (κ1) is 14.6. The van der Waals surface area contributed by atoms with Gasteiger partial charge in [0, 0.05) is 6.54 Å². The van der Waals surface area contributed by atoms with Crippen LogP contribution in [0.3, 0.4) is 0 Å². The Bertz CT molecular complexity index is 430. The van der Waals surface area contributed by atoms with Gasteiger partial charge in [0.05, 0.1) is 18.7 Å². The Hall–Kier alpha value is -1.50. The van der Waals surface area contributed by atoms with Gasteiger partial charge in [-0.15, -0.1) is 0 Å². The summed E-state index contributed by atoms with van der Waals surface area (Å²) >= 11 is 0. The Balaban J connectivity index is 2.63. The molecule has 0 radical (unpaired) electrons. The van der Waals surface area contributed by atoms with Gasteiger partial charge in [-0.25, -0.2) is 0 Å². The van der Waals surface area contributed by atoms with E-state index in [1.54, 1.807) is 0 Å². The minimum atomic E-state index is 0.369. The molecule has 1 aromatic carbocycles. The highest BCUT2D eigenvalue weighted by atomic mass is 16.5. The van der Waals surface area contributed by atoms with E-state index in [4.69, 9.17) is 10.5 Å². The van der Waals surface area contributed by atoms with E-state index in [1.807, 2.05) is 25.1 Å². The fourth-order valence-electron chi connectivity index (χ4n) is 1.58. The molecule has 0 spiro atoms. The van der Waals surface area contributed by atoms with Crippen LogP contribution in [0.2, 0.25) is 0 Å². The first-order valence-electron chi connectivity index (χ1n) is 6.20. The number of rotatable bonds is 5. The zero-order valence-corrected chi connectivity index (χ0v) is 11.5. The molecule has 0 saturated heterocycles. The Morgan fingerprint density at radius 3 is 2.78 bits per heavy atom. The van der Waals surface area contributed by atoms with Crippen molar-refractivity contribution in [2.24, 2.45) is 5.73 Å². The summed E-state index contributed by atoms with van der Waals surface area (Å²) in [6, 6.07) is 6.05. The third-order valence-electron chi connectivity index (χ3n) is 2.47. The molecule has 0 saturated carbocycles. The maximum absolute atomic E-state index is 5.77. The summed E-state index contributed by atoms with van der Waals surface area (Å²) in [7, 11) is 4.12. The van der Waals surface area contributed by atoms with Gasteiger partial charge in [0.1, 0.15) is 5.75 Å². The van der Waals surface area contributed by atoms with Gasteiger partial charge in [-0.05, 0) is 45.1 Å². The molecule has 0 fully saturated rings. The monoisotopic (exact) mass is 246 g/mol. The molecule has 0 aromatic heterocycles. The van der Waals surface area contributed by atoms with Crippen molar-refractivity contribution in [1.82, 2.24) is 4.90 Å². The molecule has 0 bridgehead atoms. The summed E-state index contributed by atoms with van der Waals surface area (Å²) in [6.45, 7) is 4.14. The molecule has 1 aromatic rings. The highest BCUT2D eigenvalue weighted by molar-refractivity contribution is 5.48. The molecule has 0 aliphatic carbocycles. The second-order valence-corrected chi connectivity index (χ2v) is 4.51. The van der Waals surface area contributed by atoms with Crippen LogP contribution in [-0.4, -0.2) is 38.7 Å². The van der Waals surface area contributed by atoms with E-state index in [2.05, 4.69) is 30.8 Å². The lowest BCUT2D eigenvalue weighted by Gasteiger charge is -2.11. The van der Waals surface area contributed by atoms with E-state index in [-0.39, 0.29) is 0 Å². The Morgan fingerprint density at radius 1 is 1.33 bits per heavy atom. The van der Waals surface area contributed by atoms with Crippen molar-refractivity contribution in [2.45, 2.75) is 13.3 Å². The van der Waals surface area contributed by atoms with Crippen molar-refractivity contribution >= 4 is 0 Å². The zero-order chi connectivity index (χ0) is 13.4. The van der Waals surface area contributed by atoms with Crippen molar-refractivity contribution < 1.29 is 4.74 Å². The first-order valence-corrected chi connectivity index (χ1v) is 6.20. The summed E-state index contributed by atoms with van der Waals surface area (Å²) in [4.78, 5) is 2.15. The average molecular weight is 246 g/mol. The maximum Gasteiger partial charge on any atom is 0.134 e. The third kappa shape index (κ3) is 5.22. The molecule has 0 atom stereocenters. The van der Waals surface area contributed by atoms with Crippen LogP contribution >= 0.6 is 0 Å². The minimum absolute atomic E-state index is 0.369. The number of hydrogen-bond acceptors (Lipinski definition) is 3. The highest BCUT2D eigenvalue weighted by Gasteiger charge is 2.01. The smallest absolute Gasteiger partial charge is 0.134 e. The third-order valence-corrected chi connectivity index (χ3v) is 2.47. The number of ether oxygens (including phenoxy) is 1. The first-order chi connectivity index (χ1) is 8.63. The fourth-order valence-corrected chi connectivity index (χ4v) is 1.58. The molecule has 18 heavy (non-hydrogen) atoms. The highest BCUT2D eigenvalue weighted by Crippen LogP contribution is 2.19. The number of benzene rings is 1. The average Bonchev–Trinajstić information content (AvgIpc) is 2.33. The van der Waals surface area contributed by atoms with E-state index >= 15 is 0 Å². The molecular formula is C15H22N2O. The van der Waals surface area contributed by atoms with Crippen LogP contribution in [-0.2, 0) is 0 Å². The van der Waals surface area contributed by atoms with Gasteiger partial charge in [0.15, 0.2) is 0 Å². The summed E-state index contributed by atoms with van der Waals surface area (Å²) in [5, 5.41) is 0. The van der Waals surface area contributed by atoms with Crippen LogP contribution < -0.4 is 10.5 Å². The van der Waals surface area contributed by atoms with Crippen LogP contribution in [0.15, 0.2) is 18.2 Å². The quantitative estimate of drug-likeness (QED) is 0.634. The number of nitrogens with two attached hydrogens (primary N) is 1. The summed E-state index contributed by atoms with van der Waals surface area (Å²) < 4.78 is 5.77. The van der Waals surface area contributed by atoms with E-state index in [0.717, 1.165) is 24.3 Å². The second kappa shape index (κ2) is 7.75. The number of aryl methyl sites for hydroxylation is 1. The SMILES string of the molecule is Cc1ccc(OCCCN(C)C)c(C#CCN)c1. The molecule has 0 amide bonds. The van der Waals surface area contributed by atoms with Crippen molar-refractivity contribution in [3.8, 4) is 17.6 Å². The minimum Gasteiger partial charge on any atom is -0.492 e. The van der Waals surface area contributed by atoms with Crippen LogP contribution in [0.5, 0.6) is 5.75 Å². The lowest BCUT2D eigenvalue weighted by Crippen LogP contribution is -2.15. The second-order valence-electron chi connectivity index (χ2n) is 4.51. The standard InChI is InChI=1S/C15H22N2O/c1-13-7-8-15(14(12-13)6-4-9-16)18-11-5-10-17(2)3/h7-8,12H,5,9-11,16H2,1-3H3. The van der Waals surface area contributed by atoms with Gasteiger partial charge in [0.25, 0.3) is 0 Å². The molecule has 2 N–H and O–H groups in total. The van der Waals surface area contributed by atoms with Gasteiger partial charge in [0.2, 0.25) is 0 Å². The normalized spacial score (nSPS) is 10.1. The Kier molecular flexibility index (Phi) is 6.27. The number of hydrogen-bond donors (Lipinski definition) is 1. The molecular weight excluding hydrogens is 224 g/mol. The van der Waals surface area contributed by atoms with Crippen molar-refractivity contribution in [3.63, 3.8) is 0 Å². The lowest BCUT2D eigenvalue weighted by molar-refractivity contribution is 0.281. The van der Waals surface area contributed by atoms with Gasteiger partial charge < -0.3 is 15.4 Å². The molecule has 0 aliphatic heterocycles. The zero-order valence-electron chi connectivity index (χ0n) is 11.5. The summed E-state index contributed by atoms with van der Waals surface area (Å²) in [5.41, 5.74) is 7.50. The molecule has 3 nitrogen and oxygen atoms in total. The molecule has 98 valence electrons. The van der Waals surface area contributed by atoms with Gasteiger partial charge in [-0.1, -0.05) is 17.9 Å². The Morgan fingerprint density at radius 2 is 2.11 bits per heavy atom. The predicted octanol–water partition coefficient (Wildman–Crippen LogP) is 1.64. The van der Waals surface area contributed by atoms with E-state index in [0.29, 0.717) is 13.2 Å². The fraction of sp³-hybridized carbons (Fsp3) is 0.467. The van der Waals surface area contributed by atoms with Crippen molar-refractivity contribution in [1.29, 1.82) is 0 Å². The number of nitrogens with zero attached hydrogens (tertiary/aromatic N) is 1. The van der Waals surface area contributed by atoms with E-state index in [9.17, 15) is 0 Å². The maximum atomic E-state index is 5.77. The molecule has 1 rings (SSSR count). The van der Waals surface area contributed by atoms with Crippen molar-refractivity contribution in [2.75, 3.05) is 33.8 Å². The van der Waals surface area contributed by atoms with Crippen molar-refractivity contribution in [3.05, 3.63) is 29.3 Å². The molecule has 0 heterocycles. The van der Waals surface area contributed by atoms with Crippen LogP contribution in [0.25, 0.3) is 0 Å². The molecule has 3 heteroatoms. The van der Waals surface area contributed by atoms with E-state index < -0.39 is 0 Å². The van der Waals surface area contributed by atoms with E-state index in [1.165, 1.54) is 5.56 Å².